The molecule has 1 aromatic heterocycles. The number of benzene rings is 1. The third-order valence-corrected chi connectivity index (χ3v) is 11.8. The molecule has 30 nitrogen and oxygen atoms in total. The number of aromatic nitrogens is 1. The van der Waals surface area contributed by atoms with E-state index in [-0.39, 0.29) is 54.7 Å². The first-order chi connectivity index (χ1) is 36.5. The van der Waals surface area contributed by atoms with Gasteiger partial charge < -0.3 is 74.6 Å². The van der Waals surface area contributed by atoms with Crippen molar-refractivity contribution in [2.45, 2.75) is 80.4 Å². The van der Waals surface area contributed by atoms with Gasteiger partial charge in [-0.25, -0.2) is 15.3 Å². The molecule has 0 bridgehead atoms. The van der Waals surface area contributed by atoms with E-state index in [4.69, 9.17) is 17.0 Å². The third-order valence-electron chi connectivity index (χ3n) is 10.3. The van der Waals surface area contributed by atoms with Crippen LogP contribution < -0.4 is 59.3 Å². The van der Waals surface area contributed by atoms with Crippen molar-refractivity contribution in [3.8, 4) is 0 Å². The lowest BCUT2D eigenvalue weighted by molar-refractivity contribution is -0.142. The third kappa shape index (κ3) is 23.8. The topological polar surface area (TPSA) is 487 Å². The molecule has 0 fully saturated rings. The second-order valence-corrected chi connectivity index (χ2v) is 17.6. The Morgan fingerprint density at radius 1 is 0.558 bits per heavy atom. The summed E-state index contributed by atoms with van der Waals surface area (Å²) in [6.45, 7) is -1.01. The molecule has 17 N–H and O–H groups in total. The maximum absolute atomic E-state index is 13.6. The van der Waals surface area contributed by atoms with Crippen LogP contribution in [0.15, 0.2) is 58.8 Å². The van der Waals surface area contributed by atoms with Crippen LogP contribution in [0, 0.1) is 5.53 Å². The van der Waals surface area contributed by atoms with Gasteiger partial charge in [-0.1, -0.05) is 30.3 Å². The fraction of sp³-hybridized carbons (Fsp3) is 0.442. The molecule has 0 saturated heterocycles. The quantitative estimate of drug-likeness (QED) is 0.0103. The molecule has 9 amide bonds. The summed E-state index contributed by atoms with van der Waals surface area (Å²) >= 11 is 16.2. The largest absolute Gasteiger partial charge is 0.481 e. The first-order valence-corrected chi connectivity index (χ1v) is 25.2. The van der Waals surface area contributed by atoms with Crippen LogP contribution in [0.4, 0.5) is 5.82 Å². The molecule has 8 atom stereocenters. The molecule has 1 aromatic carbocycles. The van der Waals surface area contributed by atoms with Gasteiger partial charge in [0.1, 0.15) is 48.3 Å². The van der Waals surface area contributed by atoms with Gasteiger partial charge in [-0.05, 0) is 30.5 Å². The van der Waals surface area contributed by atoms with Crippen LogP contribution in [0.3, 0.4) is 0 Å². The van der Waals surface area contributed by atoms with Gasteiger partial charge >= 0.3 is 17.9 Å². The minimum atomic E-state index is -1.89. The summed E-state index contributed by atoms with van der Waals surface area (Å²) in [5, 5.41) is 52.2. The van der Waals surface area contributed by atoms with Crippen molar-refractivity contribution in [1.29, 1.82) is 5.53 Å². The minimum absolute atomic E-state index is 0.00715. The molecule has 34 heteroatoms. The summed E-state index contributed by atoms with van der Waals surface area (Å²) in [5.74, 6) is -15.9. The highest BCUT2D eigenvalue weighted by Gasteiger charge is 2.34. The summed E-state index contributed by atoms with van der Waals surface area (Å²) < 4.78 is 0. The number of carboxylic acid groups (broad SMARTS) is 3. The predicted molar refractivity (Wildman–Crippen MR) is 284 cm³/mol. The van der Waals surface area contributed by atoms with Crippen molar-refractivity contribution in [3.05, 3.63) is 59.8 Å². The maximum Gasteiger partial charge on any atom is 0.327 e. The summed E-state index contributed by atoms with van der Waals surface area (Å²) in [6.07, 6.45) is -1.32. The Hall–Kier alpha value is -7.72. The SMILES string of the molecule is N=Nc1ccc(C(=O)N[C@@H](CS)C(=O)N[C@@H](CC(=O)O)C(=O)N[C@@H](CS)C(=O)N[C@@H](CCCN=C(N)N)C(=O)NCC(=O)N[C@@H](CC(=O)O)C(=O)N[C@@H](CS)C(=O)N[C@@H](Cc2ccccc2)C(=O)N[C@@H](CS)C(=O)O)cn1. The number of aliphatic imine (C=N–C) groups is 1. The minimum Gasteiger partial charge on any atom is -0.481 e. The Kier molecular flexibility index (Phi) is 28.9. The van der Waals surface area contributed by atoms with Gasteiger partial charge in [0.15, 0.2) is 11.8 Å². The van der Waals surface area contributed by atoms with Crippen LogP contribution in [0.1, 0.15) is 41.6 Å². The van der Waals surface area contributed by atoms with Crippen LogP contribution in [-0.2, 0) is 59.2 Å². The number of thiol groups is 4. The molecule has 0 radical (unpaired) electrons. The highest BCUT2D eigenvalue weighted by Crippen LogP contribution is 2.10. The van der Waals surface area contributed by atoms with E-state index in [2.05, 4.69) is 113 Å². The van der Waals surface area contributed by atoms with Gasteiger partial charge in [0.2, 0.25) is 47.3 Å². The van der Waals surface area contributed by atoms with Crippen LogP contribution in [0.2, 0.25) is 0 Å². The molecule has 0 unspecified atom stereocenters. The number of amides is 9. The first kappa shape index (κ1) is 65.4. The van der Waals surface area contributed by atoms with E-state index in [1.165, 1.54) is 12.1 Å². The van der Waals surface area contributed by atoms with Gasteiger partial charge in [0.25, 0.3) is 5.91 Å². The van der Waals surface area contributed by atoms with E-state index in [9.17, 15) is 72.9 Å². The second kappa shape index (κ2) is 34.0. The molecule has 2 rings (SSSR count). The lowest BCUT2D eigenvalue weighted by atomic mass is 10.0. The number of carboxylic acids is 3. The van der Waals surface area contributed by atoms with Gasteiger partial charge in [0.05, 0.1) is 24.9 Å². The number of pyridine rings is 1. The van der Waals surface area contributed by atoms with Crippen molar-refractivity contribution in [1.82, 2.24) is 52.8 Å². The summed E-state index contributed by atoms with van der Waals surface area (Å²) in [5.41, 5.74) is 18.3. The van der Waals surface area contributed by atoms with E-state index in [1.54, 1.807) is 30.3 Å². The average molecular weight is 1150 g/mol. The van der Waals surface area contributed by atoms with Crippen LogP contribution in [0.5, 0.6) is 0 Å². The number of aliphatic carboxylic acids is 3. The molecule has 0 spiro atoms. The number of hydrogen-bond acceptors (Lipinski definition) is 20. The second-order valence-electron chi connectivity index (χ2n) is 16.2. The highest BCUT2D eigenvalue weighted by atomic mass is 32.1. The zero-order valence-electron chi connectivity index (χ0n) is 40.5. The van der Waals surface area contributed by atoms with Crippen molar-refractivity contribution < 1.29 is 72.9 Å². The standard InChI is InChI=1S/C43H59N15O15S4/c44-43(45)47-10-4-7-22(51-39(69)27(17-75)56-38(68)25(13-33(62)63)53-40(70)26(16-74)54-34(64)21-8-9-30(58-46)48-14-21)35(65)49-15-31(59)50-24(12-32(60)61)37(67)55-28(18-76)41(71)52-23(11-20-5-2-1-3-6-20)36(66)57-29(19-77)42(72)73/h1-3,5-6,8-9,14,22-29,46,74-77H,4,7,10-13,15-19H2,(H,49,65)(H,50,59)(H,51,69)(H,52,71)(H,53,70)(H,54,64)(H,55,67)(H,56,68)(H,57,66)(H,60,61)(H,62,63)(H,72,73)(H4,44,45,47)/t22-,23-,24-,25-,26-,27-,28-,29-/m0/s1. The normalized spacial score (nSPS) is 13.8. The number of rotatable bonds is 34. The Labute approximate surface area is 460 Å². The molecule has 1 heterocycles. The highest BCUT2D eigenvalue weighted by molar-refractivity contribution is 7.80. The summed E-state index contributed by atoms with van der Waals surface area (Å²) in [6, 6.07) is -1.92. The zero-order valence-corrected chi connectivity index (χ0v) is 44.1. The van der Waals surface area contributed by atoms with Crippen LogP contribution in [0.25, 0.3) is 0 Å². The maximum atomic E-state index is 13.6. The van der Waals surface area contributed by atoms with E-state index < -0.39 is 150 Å². The summed E-state index contributed by atoms with van der Waals surface area (Å²) in [4.78, 5) is 163. The lowest BCUT2D eigenvalue weighted by Crippen LogP contribution is -2.60. The van der Waals surface area contributed by atoms with Crippen molar-refractivity contribution in [2.24, 2.45) is 21.6 Å². The Morgan fingerprint density at radius 3 is 1.48 bits per heavy atom. The number of nitrogens with one attached hydrogen (secondary N) is 10. The van der Waals surface area contributed by atoms with E-state index in [1.807, 2.05) is 0 Å². The molecular formula is C43H59N15O15S4. The molecule has 420 valence electrons. The number of guanidine groups is 1. The Morgan fingerprint density at radius 2 is 1.01 bits per heavy atom. The van der Waals surface area contributed by atoms with Gasteiger partial charge in [0, 0.05) is 42.2 Å². The van der Waals surface area contributed by atoms with Gasteiger partial charge in [-0.2, -0.15) is 50.5 Å². The smallest absolute Gasteiger partial charge is 0.327 e. The number of nitrogens with zero attached hydrogens (tertiary/aromatic N) is 3. The number of hydrogen-bond donors (Lipinski definition) is 19. The predicted octanol–water partition coefficient (Wildman–Crippen LogP) is -4.60. The van der Waals surface area contributed by atoms with Gasteiger partial charge in [-0.3, -0.25) is 57.7 Å². The van der Waals surface area contributed by atoms with Crippen molar-refractivity contribution in [3.63, 3.8) is 0 Å². The average Bonchev–Trinajstić information content (AvgIpc) is 3.39. The number of carbonyl (C=O) groups excluding carboxylic acids is 9. The number of carbonyl (C=O) groups is 12. The molecule has 77 heavy (non-hydrogen) atoms. The molecule has 2 aromatic rings. The lowest BCUT2D eigenvalue weighted by Gasteiger charge is -2.25. The molecular weight excluding hydrogens is 1090 g/mol. The van der Waals surface area contributed by atoms with Crippen molar-refractivity contribution >= 4 is 133 Å². The zero-order chi connectivity index (χ0) is 57.8. The van der Waals surface area contributed by atoms with E-state index in [0.717, 1.165) is 6.20 Å². The number of nitrogens with two attached hydrogens (primary N) is 2. The van der Waals surface area contributed by atoms with E-state index >= 15 is 0 Å². The Balaban J connectivity index is 2.21. The van der Waals surface area contributed by atoms with Crippen molar-refractivity contribution in [2.75, 3.05) is 36.1 Å². The first-order valence-electron chi connectivity index (χ1n) is 22.7. The molecule has 0 aliphatic heterocycles. The van der Waals surface area contributed by atoms with Crippen LogP contribution in [-0.4, -0.2) is 182 Å². The fourth-order valence-corrected chi connectivity index (χ4v) is 7.38. The molecule has 0 saturated carbocycles. The van der Waals surface area contributed by atoms with Gasteiger partial charge in [-0.15, -0.1) is 5.11 Å². The molecule has 0 aliphatic rings. The summed E-state index contributed by atoms with van der Waals surface area (Å²) in [7, 11) is 0. The monoisotopic (exact) mass is 1150 g/mol. The van der Waals surface area contributed by atoms with E-state index in [0.29, 0.717) is 5.56 Å². The fourth-order valence-electron chi connectivity index (χ4n) is 6.36. The molecule has 0 aliphatic carbocycles. The Bertz CT molecular complexity index is 2480. The van der Waals surface area contributed by atoms with Crippen LogP contribution >= 0.6 is 50.5 Å².